The first-order valence-corrected chi connectivity index (χ1v) is 8.51. The lowest BCUT2D eigenvalue weighted by atomic mass is 10.1. The molecule has 2 aromatic rings. The van der Waals surface area contributed by atoms with Crippen LogP contribution in [-0.2, 0) is 6.54 Å². The summed E-state index contributed by atoms with van der Waals surface area (Å²) in [6.07, 6.45) is 1.12. The van der Waals surface area contributed by atoms with Gasteiger partial charge in [0.2, 0.25) is 5.89 Å². The zero-order valence-electron chi connectivity index (χ0n) is 14.9. The van der Waals surface area contributed by atoms with Crippen LogP contribution in [0.4, 0.5) is 4.39 Å². The van der Waals surface area contributed by atoms with Crippen molar-refractivity contribution >= 4 is 0 Å². The molecule has 0 radical (unpaired) electrons. The minimum atomic E-state index is -0.372. The van der Waals surface area contributed by atoms with Crippen LogP contribution in [0.5, 0.6) is 5.75 Å². The van der Waals surface area contributed by atoms with E-state index in [4.69, 9.17) is 9.15 Å². The first-order valence-electron chi connectivity index (χ1n) is 8.51. The van der Waals surface area contributed by atoms with Crippen LogP contribution in [0.3, 0.4) is 0 Å². The third-order valence-electron chi connectivity index (χ3n) is 4.54. The Morgan fingerprint density at radius 2 is 2.12 bits per heavy atom. The van der Waals surface area contributed by atoms with Crippen molar-refractivity contribution in [1.29, 1.82) is 0 Å². The molecular weight excluding hydrogens is 323 g/mol. The van der Waals surface area contributed by atoms with E-state index in [1.165, 1.54) is 6.07 Å². The summed E-state index contributed by atoms with van der Waals surface area (Å²) in [5.74, 6) is 1.87. The van der Waals surface area contributed by atoms with Crippen molar-refractivity contribution in [2.45, 2.75) is 19.9 Å². The van der Waals surface area contributed by atoms with E-state index in [0.29, 0.717) is 35.4 Å². The number of oxazole rings is 1. The zero-order chi connectivity index (χ0) is 17.8. The molecule has 25 heavy (non-hydrogen) atoms. The fourth-order valence-electron chi connectivity index (χ4n) is 2.93. The summed E-state index contributed by atoms with van der Waals surface area (Å²) in [4.78, 5) is 6.72. The molecule has 1 aliphatic rings. The van der Waals surface area contributed by atoms with Crippen LogP contribution in [0.2, 0.25) is 0 Å². The van der Waals surface area contributed by atoms with E-state index >= 15 is 0 Å². The summed E-state index contributed by atoms with van der Waals surface area (Å²) >= 11 is 0. The molecule has 136 valence electrons. The number of rotatable bonds is 7. The van der Waals surface area contributed by atoms with Gasteiger partial charge in [-0.1, -0.05) is 0 Å². The quantitative estimate of drug-likeness (QED) is 0.801. The molecule has 2 heterocycles. The molecule has 0 unspecified atom stereocenters. The molecule has 0 amide bonds. The number of benzene rings is 1. The highest BCUT2D eigenvalue weighted by molar-refractivity contribution is 5.57. The van der Waals surface area contributed by atoms with Crippen molar-refractivity contribution in [3.63, 3.8) is 0 Å². The minimum Gasteiger partial charge on any atom is -0.497 e. The monoisotopic (exact) mass is 348 g/mol. The van der Waals surface area contributed by atoms with E-state index in [2.05, 4.69) is 27.8 Å². The Balaban J connectivity index is 1.67. The molecule has 6 nitrogen and oxygen atoms in total. The number of nitrogens with zero attached hydrogens (tertiary/aromatic N) is 2. The molecule has 2 N–H and O–H groups in total. The Hall–Kier alpha value is -1.96. The number of hydrogen-bond donors (Lipinski definition) is 2. The first-order chi connectivity index (χ1) is 12.1. The third kappa shape index (κ3) is 4.36. The molecule has 7 heteroatoms. The highest BCUT2D eigenvalue weighted by Crippen LogP contribution is 2.28. The van der Waals surface area contributed by atoms with Gasteiger partial charge in [-0.05, 0) is 51.1 Å². The van der Waals surface area contributed by atoms with Crippen molar-refractivity contribution in [3.8, 4) is 17.2 Å². The maximum atomic E-state index is 14.1. The lowest BCUT2D eigenvalue weighted by molar-refractivity contribution is 0.296. The highest BCUT2D eigenvalue weighted by atomic mass is 19.1. The topological polar surface area (TPSA) is 62.6 Å². The number of hydrogen-bond acceptors (Lipinski definition) is 6. The lowest BCUT2D eigenvalue weighted by Gasteiger charge is -2.17. The summed E-state index contributed by atoms with van der Waals surface area (Å²) in [5, 5.41) is 0. The van der Waals surface area contributed by atoms with Gasteiger partial charge in [-0.15, -0.1) is 0 Å². The van der Waals surface area contributed by atoms with E-state index in [9.17, 15) is 4.39 Å². The summed E-state index contributed by atoms with van der Waals surface area (Å²) in [5.41, 5.74) is 7.45. The van der Waals surface area contributed by atoms with Gasteiger partial charge < -0.3 is 14.1 Å². The van der Waals surface area contributed by atoms with Gasteiger partial charge in [0, 0.05) is 19.6 Å². The maximum Gasteiger partial charge on any atom is 0.229 e. The summed E-state index contributed by atoms with van der Waals surface area (Å²) < 4.78 is 25.0. The number of hydrazine groups is 1. The second-order valence-corrected chi connectivity index (χ2v) is 6.52. The van der Waals surface area contributed by atoms with Gasteiger partial charge in [0.25, 0.3) is 0 Å². The molecule has 1 aromatic heterocycles. The summed E-state index contributed by atoms with van der Waals surface area (Å²) in [7, 11) is 3.61. The van der Waals surface area contributed by atoms with Crippen LogP contribution in [0.25, 0.3) is 11.5 Å². The first kappa shape index (κ1) is 17.8. The zero-order valence-corrected chi connectivity index (χ0v) is 14.9. The summed E-state index contributed by atoms with van der Waals surface area (Å²) in [6.45, 7) is 5.53. The molecule has 1 aromatic carbocycles. The molecule has 0 spiro atoms. The van der Waals surface area contributed by atoms with Crippen molar-refractivity contribution in [3.05, 3.63) is 35.5 Å². The number of methoxy groups -OCH3 is 1. The number of aromatic nitrogens is 1. The van der Waals surface area contributed by atoms with Crippen LogP contribution in [-0.4, -0.2) is 43.7 Å². The third-order valence-corrected chi connectivity index (χ3v) is 4.54. The Bertz CT molecular complexity index is 713. The minimum absolute atomic E-state index is 0.293. The SMILES string of the molecule is COc1ccc(F)c(-c2nc(CN(C)CCC3CNNC3)c(C)o2)c1. The fourth-order valence-corrected chi connectivity index (χ4v) is 2.93. The number of halogens is 1. The Morgan fingerprint density at radius 1 is 1.36 bits per heavy atom. The Labute approximate surface area is 147 Å². The van der Waals surface area contributed by atoms with Crippen molar-refractivity contribution in [2.24, 2.45) is 5.92 Å². The van der Waals surface area contributed by atoms with Gasteiger partial charge in [0.05, 0.1) is 18.4 Å². The van der Waals surface area contributed by atoms with Crippen molar-refractivity contribution in [2.75, 3.05) is 33.8 Å². The molecule has 3 rings (SSSR count). The molecule has 0 atom stereocenters. The van der Waals surface area contributed by atoms with E-state index in [1.807, 2.05) is 6.92 Å². The van der Waals surface area contributed by atoms with Crippen LogP contribution in [0.1, 0.15) is 17.9 Å². The second-order valence-electron chi connectivity index (χ2n) is 6.52. The van der Waals surface area contributed by atoms with Gasteiger partial charge in [-0.3, -0.25) is 10.9 Å². The molecular formula is C18H25FN4O2. The molecule has 1 fully saturated rings. The van der Waals surface area contributed by atoms with Gasteiger partial charge in [-0.25, -0.2) is 9.37 Å². The van der Waals surface area contributed by atoms with E-state index in [-0.39, 0.29) is 5.82 Å². The normalized spacial score (nSPS) is 15.2. The molecule has 0 saturated carbocycles. The average molecular weight is 348 g/mol. The number of aryl methyl sites for hydroxylation is 1. The van der Waals surface area contributed by atoms with Gasteiger partial charge in [0.15, 0.2) is 0 Å². The Kier molecular flexibility index (Phi) is 5.67. The van der Waals surface area contributed by atoms with Crippen LogP contribution in [0.15, 0.2) is 22.6 Å². The molecule has 0 bridgehead atoms. The fraction of sp³-hybridized carbons (Fsp3) is 0.500. The molecule has 0 aliphatic carbocycles. The molecule has 1 aliphatic heterocycles. The van der Waals surface area contributed by atoms with E-state index in [0.717, 1.165) is 31.7 Å². The number of nitrogens with one attached hydrogen (secondary N) is 2. The standard InChI is InChI=1S/C18H25FN4O2/c1-12-17(11-23(2)7-6-13-9-20-21-10-13)22-18(25-12)15-8-14(24-3)4-5-16(15)19/h4-5,8,13,20-21H,6-7,9-11H2,1-3H3. The van der Waals surface area contributed by atoms with E-state index < -0.39 is 0 Å². The Morgan fingerprint density at radius 3 is 2.84 bits per heavy atom. The van der Waals surface area contributed by atoms with Crippen molar-refractivity contribution in [1.82, 2.24) is 20.7 Å². The van der Waals surface area contributed by atoms with Crippen molar-refractivity contribution < 1.29 is 13.5 Å². The van der Waals surface area contributed by atoms with Crippen LogP contribution < -0.4 is 15.6 Å². The maximum absolute atomic E-state index is 14.1. The average Bonchev–Trinajstić information content (AvgIpc) is 3.24. The number of ether oxygens (including phenoxy) is 1. The van der Waals surface area contributed by atoms with Gasteiger partial charge in [0.1, 0.15) is 17.3 Å². The second kappa shape index (κ2) is 7.95. The summed E-state index contributed by atoms with van der Waals surface area (Å²) in [6, 6.07) is 4.55. The van der Waals surface area contributed by atoms with Crippen LogP contribution in [0, 0.1) is 18.7 Å². The van der Waals surface area contributed by atoms with Gasteiger partial charge >= 0.3 is 0 Å². The van der Waals surface area contributed by atoms with Crippen LogP contribution >= 0.6 is 0 Å². The lowest BCUT2D eigenvalue weighted by Crippen LogP contribution is -2.23. The van der Waals surface area contributed by atoms with Gasteiger partial charge in [-0.2, -0.15) is 0 Å². The highest BCUT2D eigenvalue weighted by Gasteiger charge is 2.18. The predicted molar refractivity (Wildman–Crippen MR) is 93.6 cm³/mol. The molecule has 1 saturated heterocycles. The largest absolute Gasteiger partial charge is 0.497 e. The smallest absolute Gasteiger partial charge is 0.229 e. The van der Waals surface area contributed by atoms with E-state index in [1.54, 1.807) is 19.2 Å². The predicted octanol–water partition coefficient (Wildman–Crippen LogP) is 2.34.